The molecule has 0 fully saturated rings. The predicted octanol–water partition coefficient (Wildman–Crippen LogP) is 5.12. The van der Waals surface area contributed by atoms with Crippen molar-refractivity contribution in [3.05, 3.63) is 60.2 Å². The van der Waals surface area contributed by atoms with E-state index < -0.39 is 9.68 Å². The van der Waals surface area contributed by atoms with E-state index in [1.807, 2.05) is 81.6 Å². The minimum atomic E-state index is -0.939. The third-order valence-corrected chi connectivity index (χ3v) is 7.25. The summed E-state index contributed by atoms with van der Waals surface area (Å²) in [5.41, 5.74) is 1.35. The Morgan fingerprint density at radius 1 is 1.11 bits per heavy atom. The number of esters is 1. The number of benzene rings is 2. The third kappa shape index (κ3) is 4.55. The molecule has 6 heteroatoms. The average molecular weight is 416 g/mol. The molecule has 1 unspecified atom stereocenters. The Morgan fingerprint density at radius 3 is 2.39 bits per heavy atom. The van der Waals surface area contributed by atoms with Gasteiger partial charge < -0.3 is 9.64 Å². The largest absolute Gasteiger partial charge is 0.460 e. The average Bonchev–Trinajstić information content (AvgIpc) is 2.64. The lowest BCUT2D eigenvalue weighted by Gasteiger charge is -2.41. The van der Waals surface area contributed by atoms with E-state index in [4.69, 9.17) is 4.74 Å². The summed E-state index contributed by atoms with van der Waals surface area (Å²) in [6.07, 6.45) is 1.90. The Morgan fingerprint density at radius 2 is 1.75 bits per heavy atom. The lowest BCUT2D eigenvalue weighted by atomic mass is 10.1. The Bertz CT molecular complexity index is 864. The molecule has 0 spiro atoms. The highest BCUT2D eigenvalue weighted by molar-refractivity contribution is 8.19. The summed E-state index contributed by atoms with van der Waals surface area (Å²) in [6.45, 7) is 5.98. The number of carbonyl (C=O) groups excluding carboxylic acids is 2. The summed E-state index contributed by atoms with van der Waals surface area (Å²) in [4.78, 5) is 29.0. The number of rotatable bonds is 5. The van der Waals surface area contributed by atoms with Crippen LogP contribution in [0.2, 0.25) is 0 Å². The first-order chi connectivity index (χ1) is 13.2. The zero-order valence-electron chi connectivity index (χ0n) is 16.6. The van der Waals surface area contributed by atoms with Gasteiger partial charge in [0.05, 0.1) is 18.7 Å². The van der Waals surface area contributed by atoms with Crippen LogP contribution in [0.1, 0.15) is 32.8 Å². The maximum atomic E-state index is 13.6. The van der Waals surface area contributed by atoms with Crippen LogP contribution >= 0.6 is 23.5 Å². The molecule has 3 rings (SSSR count). The molecule has 1 aliphatic heterocycles. The highest BCUT2D eigenvalue weighted by Crippen LogP contribution is 2.52. The van der Waals surface area contributed by atoms with Gasteiger partial charge in [0.1, 0.15) is 5.60 Å². The molecule has 4 nitrogen and oxygen atoms in total. The number of hydrogen-bond acceptors (Lipinski definition) is 5. The third-order valence-electron chi connectivity index (χ3n) is 4.31. The van der Waals surface area contributed by atoms with E-state index in [9.17, 15) is 9.59 Å². The number of amides is 1. The lowest BCUT2D eigenvalue weighted by Crippen LogP contribution is -2.49. The van der Waals surface area contributed by atoms with E-state index in [0.717, 1.165) is 16.1 Å². The predicted molar refractivity (Wildman–Crippen MR) is 117 cm³/mol. The van der Waals surface area contributed by atoms with Crippen molar-refractivity contribution in [2.24, 2.45) is 0 Å². The first kappa shape index (κ1) is 20.8. The van der Waals surface area contributed by atoms with E-state index in [1.165, 1.54) is 23.5 Å². The highest BCUT2D eigenvalue weighted by atomic mass is 32.2. The van der Waals surface area contributed by atoms with Crippen LogP contribution in [0.3, 0.4) is 0 Å². The van der Waals surface area contributed by atoms with Crippen LogP contribution in [-0.4, -0.2) is 27.8 Å². The van der Waals surface area contributed by atoms with Crippen LogP contribution in [0, 0.1) is 0 Å². The van der Waals surface area contributed by atoms with Gasteiger partial charge in [-0.3, -0.25) is 9.59 Å². The molecule has 0 saturated carbocycles. The highest BCUT2D eigenvalue weighted by Gasteiger charge is 2.49. The van der Waals surface area contributed by atoms with Gasteiger partial charge in [-0.1, -0.05) is 54.2 Å². The van der Waals surface area contributed by atoms with Gasteiger partial charge in [0.15, 0.2) is 4.08 Å². The van der Waals surface area contributed by atoms with Gasteiger partial charge in [-0.15, -0.1) is 11.8 Å². The first-order valence-corrected chi connectivity index (χ1v) is 11.2. The van der Waals surface area contributed by atoms with Crippen molar-refractivity contribution in [2.75, 3.05) is 11.2 Å². The number of thioether (sulfide) groups is 2. The van der Waals surface area contributed by atoms with Gasteiger partial charge >= 0.3 is 5.97 Å². The Labute approximate surface area is 175 Å². The summed E-state index contributed by atoms with van der Waals surface area (Å²) in [5.74, 6) is -0.430. The minimum Gasteiger partial charge on any atom is -0.460 e. The van der Waals surface area contributed by atoms with E-state index in [2.05, 4.69) is 0 Å². The fourth-order valence-corrected chi connectivity index (χ4v) is 5.43. The van der Waals surface area contributed by atoms with Gasteiger partial charge in [-0.25, -0.2) is 0 Å². The van der Waals surface area contributed by atoms with E-state index >= 15 is 0 Å². The van der Waals surface area contributed by atoms with Crippen molar-refractivity contribution in [1.82, 2.24) is 0 Å². The van der Waals surface area contributed by atoms with Crippen molar-refractivity contribution in [3.8, 4) is 0 Å². The summed E-state index contributed by atoms with van der Waals surface area (Å²) in [6, 6.07) is 17.8. The molecule has 0 aliphatic carbocycles. The van der Waals surface area contributed by atoms with Crippen molar-refractivity contribution in [2.45, 2.75) is 48.3 Å². The van der Waals surface area contributed by atoms with Crippen LogP contribution in [0.5, 0.6) is 0 Å². The van der Waals surface area contributed by atoms with Crippen molar-refractivity contribution < 1.29 is 14.3 Å². The fourth-order valence-electron chi connectivity index (χ4n) is 3.11. The molecule has 0 aromatic heterocycles. The van der Waals surface area contributed by atoms with Crippen LogP contribution in [-0.2, 0) is 20.9 Å². The molecule has 0 bridgehead atoms. The van der Waals surface area contributed by atoms with Gasteiger partial charge in [0.2, 0.25) is 0 Å². The summed E-state index contributed by atoms with van der Waals surface area (Å²) < 4.78 is 4.58. The molecule has 0 N–H and O–H groups in total. The van der Waals surface area contributed by atoms with Crippen LogP contribution < -0.4 is 4.90 Å². The molecule has 1 heterocycles. The van der Waals surface area contributed by atoms with Gasteiger partial charge in [0, 0.05) is 4.90 Å². The van der Waals surface area contributed by atoms with Crippen LogP contribution in [0.25, 0.3) is 0 Å². The number of carbonyl (C=O) groups is 2. The number of para-hydroxylation sites is 1. The lowest BCUT2D eigenvalue weighted by molar-refractivity contribution is -0.155. The second-order valence-corrected chi connectivity index (χ2v) is 10.4. The van der Waals surface area contributed by atoms with Crippen molar-refractivity contribution in [3.63, 3.8) is 0 Å². The molecule has 1 atom stereocenters. The fraction of sp³-hybridized carbons (Fsp3) is 0.364. The quantitative estimate of drug-likeness (QED) is 0.635. The monoisotopic (exact) mass is 415 g/mol. The van der Waals surface area contributed by atoms with Crippen LogP contribution in [0.15, 0.2) is 59.5 Å². The Balaban J connectivity index is 1.96. The number of ether oxygens (including phenoxy) is 1. The second-order valence-electron chi connectivity index (χ2n) is 7.67. The maximum absolute atomic E-state index is 13.6. The SMILES string of the molecule is CSC1(CC(=O)OC(C)(C)C)Sc2ccccc2N(Cc2ccccc2)C1=O. The molecule has 2 aromatic rings. The Kier molecular flexibility index (Phi) is 6.10. The Hall–Kier alpha value is -1.92. The summed E-state index contributed by atoms with van der Waals surface area (Å²) in [5, 5.41) is 0. The zero-order valence-corrected chi connectivity index (χ0v) is 18.2. The van der Waals surface area contributed by atoms with E-state index in [0.29, 0.717) is 6.54 Å². The van der Waals surface area contributed by atoms with E-state index in [-0.39, 0.29) is 18.3 Å². The normalized spacial score (nSPS) is 19.3. The van der Waals surface area contributed by atoms with Gasteiger partial charge in [-0.2, -0.15) is 0 Å². The van der Waals surface area contributed by atoms with Crippen molar-refractivity contribution in [1.29, 1.82) is 0 Å². The summed E-state index contributed by atoms with van der Waals surface area (Å²) in [7, 11) is 0. The number of fused-ring (bicyclic) bond motifs is 1. The number of nitrogens with zero attached hydrogens (tertiary/aromatic N) is 1. The second kappa shape index (κ2) is 8.21. The first-order valence-electron chi connectivity index (χ1n) is 9.15. The summed E-state index contributed by atoms with van der Waals surface area (Å²) >= 11 is 2.86. The molecule has 1 amide bonds. The number of anilines is 1. The smallest absolute Gasteiger partial charge is 0.309 e. The molecule has 2 aromatic carbocycles. The van der Waals surface area contributed by atoms with Crippen LogP contribution in [0.4, 0.5) is 5.69 Å². The maximum Gasteiger partial charge on any atom is 0.309 e. The zero-order chi connectivity index (χ0) is 20.4. The van der Waals surface area contributed by atoms with E-state index in [1.54, 1.807) is 4.90 Å². The molecular weight excluding hydrogens is 390 g/mol. The van der Waals surface area contributed by atoms with Gasteiger partial charge in [0.25, 0.3) is 5.91 Å². The molecule has 148 valence electrons. The molecule has 1 aliphatic rings. The molecule has 0 radical (unpaired) electrons. The minimum absolute atomic E-state index is 0.0224. The topological polar surface area (TPSA) is 46.6 Å². The van der Waals surface area contributed by atoms with Gasteiger partial charge in [-0.05, 0) is 44.7 Å². The standard InChI is InChI=1S/C22H25NO3S2/c1-21(2,3)26-19(24)14-22(27-4)20(25)23(15-16-10-6-5-7-11-16)17-12-8-9-13-18(17)28-22/h5-13H,14-15H2,1-4H3. The number of hydrogen-bond donors (Lipinski definition) is 0. The molecule has 0 saturated heterocycles. The molecular formula is C22H25NO3S2. The van der Waals surface area contributed by atoms with Crippen molar-refractivity contribution >= 4 is 41.1 Å². The molecule has 28 heavy (non-hydrogen) atoms.